The third-order valence-electron chi connectivity index (χ3n) is 6.21. The van der Waals surface area contributed by atoms with Crippen LogP contribution in [0.4, 0.5) is 8.78 Å². The zero-order valence-corrected chi connectivity index (χ0v) is 22.1. The molecule has 0 aromatic heterocycles. The molecule has 3 aromatic carbocycles. The fraction of sp³-hybridized carbons (Fsp3) is 0.364. The van der Waals surface area contributed by atoms with Crippen molar-refractivity contribution in [1.82, 2.24) is 0 Å². The molecule has 0 amide bonds. The van der Waals surface area contributed by atoms with E-state index in [1.54, 1.807) is 12.1 Å². The first-order valence-electron chi connectivity index (χ1n) is 13.6. The van der Waals surface area contributed by atoms with Gasteiger partial charge in [-0.3, -0.25) is 0 Å². The maximum atomic E-state index is 13.7. The minimum absolute atomic E-state index is 0.169. The largest absolute Gasteiger partial charge is 0.494 e. The van der Waals surface area contributed by atoms with Crippen LogP contribution >= 0.6 is 0 Å². The van der Waals surface area contributed by atoms with Crippen molar-refractivity contribution in [3.63, 3.8) is 0 Å². The Labute approximate surface area is 225 Å². The normalized spacial score (nSPS) is 10.5. The van der Waals surface area contributed by atoms with Crippen molar-refractivity contribution in [3.05, 3.63) is 95.1 Å². The third-order valence-corrected chi connectivity index (χ3v) is 6.21. The summed E-state index contributed by atoms with van der Waals surface area (Å²) in [6, 6.07) is 17.3. The molecule has 0 N–H and O–H groups in total. The summed E-state index contributed by atoms with van der Waals surface area (Å²) in [5, 5.41) is 0. The smallest absolute Gasteiger partial charge is 0.343 e. The highest BCUT2D eigenvalue weighted by Crippen LogP contribution is 2.22. The number of ether oxygens (including phenoxy) is 2. The Morgan fingerprint density at radius 3 is 1.74 bits per heavy atom. The van der Waals surface area contributed by atoms with Crippen molar-refractivity contribution in [1.29, 1.82) is 0 Å². The molecule has 0 aliphatic rings. The maximum absolute atomic E-state index is 13.7. The predicted molar refractivity (Wildman–Crippen MR) is 148 cm³/mol. The quantitative estimate of drug-likeness (QED) is 0.0925. The van der Waals surface area contributed by atoms with Crippen LogP contribution in [0.2, 0.25) is 0 Å². The molecule has 3 rings (SSSR count). The van der Waals surface area contributed by atoms with Crippen LogP contribution in [0.3, 0.4) is 0 Å². The Kier molecular flexibility index (Phi) is 12.4. The van der Waals surface area contributed by atoms with E-state index in [4.69, 9.17) is 9.47 Å². The standard InChI is InChI=1S/C33H36F2O3/c1-2-3-4-5-6-7-8-9-10-11-25-37-29-23-19-27(20-24-29)16-15-26-17-21-28(22-18-26)33(36)38-32-30(34)13-12-14-31(32)35/h12-14,17-24H,2-11,25H2,1H3. The molecule has 0 aliphatic carbocycles. The minimum atomic E-state index is -0.934. The SMILES string of the molecule is CCCCCCCCCCCCOc1ccc(C#Cc2ccc(C(=O)Oc3c(F)cccc3F)cc2)cc1. The van der Waals surface area contributed by atoms with Gasteiger partial charge < -0.3 is 9.47 Å². The molecule has 0 saturated carbocycles. The van der Waals surface area contributed by atoms with Crippen LogP contribution in [-0.4, -0.2) is 12.6 Å². The van der Waals surface area contributed by atoms with Gasteiger partial charge in [0, 0.05) is 11.1 Å². The minimum Gasteiger partial charge on any atom is -0.494 e. The van der Waals surface area contributed by atoms with Crippen molar-refractivity contribution >= 4 is 5.97 Å². The molecular formula is C33H36F2O3. The van der Waals surface area contributed by atoms with Crippen LogP contribution in [-0.2, 0) is 0 Å². The molecule has 0 saturated heterocycles. The van der Waals surface area contributed by atoms with E-state index in [-0.39, 0.29) is 5.56 Å². The van der Waals surface area contributed by atoms with Gasteiger partial charge in [0.15, 0.2) is 11.6 Å². The van der Waals surface area contributed by atoms with Gasteiger partial charge in [-0.05, 0) is 67.1 Å². The van der Waals surface area contributed by atoms with E-state index in [2.05, 4.69) is 18.8 Å². The van der Waals surface area contributed by atoms with Crippen LogP contribution in [0.1, 0.15) is 92.6 Å². The fourth-order valence-electron chi connectivity index (χ4n) is 3.98. The lowest BCUT2D eigenvalue weighted by Gasteiger charge is -2.06. The molecule has 0 spiro atoms. The van der Waals surface area contributed by atoms with Crippen molar-refractivity contribution in [2.24, 2.45) is 0 Å². The third kappa shape index (κ3) is 10.0. The molecule has 3 nitrogen and oxygen atoms in total. The van der Waals surface area contributed by atoms with Gasteiger partial charge in [-0.1, -0.05) is 82.6 Å². The van der Waals surface area contributed by atoms with E-state index in [0.29, 0.717) is 5.56 Å². The number of unbranched alkanes of at least 4 members (excludes halogenated alkanes) is 9. The molecule has 200 valence electrons. The molecule has 0 unspecified atom stereocenters. The molecule has 0 bridgehead atoms. The van der Waals surface area contributed by atoms with Crippen molar-refractivity contribution < 1.29 is 23.0 Å². The molecule has 0 fully saturated rings. The summed E-state index contributed by atoms with van der Waals surface area (Å²) in [6.07, 6.45) is 13.0. The Bertz CT molecular complexity index is 1170. The molecule has 0 atom stereocenters. The molecule has 3 aromatic rings. The lowest BCUT2D eigenvalue weighted by molar-refractivity contribution is 0.0720. The fourth-order valence-corrected chi connectivity index (χ4v) is 3.98. The number of carbonyl (C=O) groups is 1. The van der Waals surface area contributed by atoms with Crippen LogP contribution < -0.4 is 9.47 Å². The van der Waals surface area contributed by atoms with Crippen LogP contribution in [0, 0.1) is 23.5 Å². The number of rotatable bonds is 14. The van der Waals surface area contributed by atoms with Gasteiger partial charge in [-0.25, -0.2) is 13.6 Å². The van der Waals surface area contributed by atoms with Gasteiger partial charge in [0.1, 0.15) is 5.75 Å². The van der Waals surface area contributed by atoms with E-state index in [9.17, 15) is 13.6 Å². The molecule has 5 heteroatoms. The highest BCUT2D eigenvalue weighted by Gasteiger charge is 2.15. The second-order valence-corrected chi connectivity index (χ2v) is 9.32. The Balaban J connectivity index is 1.37. The summed E-state index contributed by atoms with van der Waals surface area (Å²) < 4.78 is 38.1. The Hall–Kier alpha value is -3.65. The first-order chi connectivity index (χ1) is 18.6. The number of carbonyl (C=O) groups excluding carboxylic acids is 1. The lowest BCUT2D eigenvalue weighted by atomic mass is 10.1. The summed E-state index contributed by atoms with van der Waals surface area (Å²) in [5.41, 5.74) is 1.71. The predicted octanol–water partition coefficient (Wildman–Crippen LogP) is 8.88. The van der Waals surface area contributed by atoms with E-state index in [1.165, 1.54) is 76.0 Å². The van der Waals surface area contributed by atoms with Crippen molar-refractivity contribution in [3.8, 4) is 23.3 Å². The van der Waals surface area contributed by atoms with E-state index in [0.717, 1.165) is 36.5 Å². The van der Waals surface area contributed by atoms with Crippen molar-refractivity contribution in [2.75, 3.05) is 6.61 Å². The molecule has 0 aliphatic heterocycles. The van der Waals surface area contributed by atoms with Crippen LogP contribution in [0.25, 0.3) is 0 Å². The highest BCUT2D eigenvalue weighted by atomic mass is 19.1. The van der Waals surface area contributed by atoms with Crippen molar-refractivity contribution in [2.45, 2.75) is 71.1 Å². The summed E-state index contributed by atoms with van der Waals surface area (Å²) >= 11 is 0. The zero-order valence-electron chi connectivity index (χ0n) is 22.1. The summed E-state index contributed by atoms with van der Waals surface area (Å²) in [6.45, 7) is 2.97. The molecule has 0 radical (unpaired) electrons. The second-order valence-electron chi connectivity index (χ2n) is 9.32. The Morgan fingerprint density at radius 2 is 1.18 bits per heavy atom. The number of benzene rings is 3. The molecule has 0 heterocycles. The highest BCUT2D eigenvalue weighted by molar-refractivity contribution is 5.91. The van der Waals surface area contributed by atoms with Crippen LogP contribution in [0.5, 0.6) is 11.5 Å². The average molecular weight is 519 g/mol. The van der Waals surface area contributed by atoms with Gasteiger partial charge >= 0.3 is 5.97 Å². The van der Waals surface area contributed by atoms with E-state index >= 15 is 0 Å². The summed E-state index contributed by atoms with van der Waals surface area (Å²) in [5.74, 6) is 3.53. The van der Waals surface area contributed by atoms with Gasteiger partial charge in [0.05, 0.1) is 12.2 Å². The Morgan fingerprint density at radius 1 is 0.684 bits per heavy atom. The van der Waals surface area contributed by atoms with Gasteiger partial charge in [0.25, 0.3) is 0 Å². The lowest BCUT2D eigenvalue weighted by Crippen LogP contribution is -2.10. The van der Waals surface area contributed by atoms with Gasteiger partial charge in [-0.2, -0.15) is 0 Å². The topological polar surface area (TPSA) is 35.5 Å². The molecular weight excluding hydrogens is 482 g/mol. The first-order valence-corrected chi connectivity index (χ1v) is 13.6. The number of para-hydroxylation sites is 1. The van der Waals surface area contributed by atoms with E-state index < -0.39 is 23.4 Å². The van der Waals surface area contributed by atoms with Gasteiger partial charge in [-0.15, -0.1) is 0 Å². The summed E-state index contributed by atoms with van der Waals surface area (Å²) in [7, 11) is 0. The second kappa shape index (κ2) is 16.2. The monoisotopic (exact) mass is 518 g/mol. The number of hydrogen-bond donors (Lipinski definition) is 0. The van der Waals surface area contributed by atoms with Crippen LogP contribution in [0.15, 0.2) is 66.7 Å². The summed E-state index contributed by atoms with van der Waals surface area (Å²) in [4.78, 5) is 12.2. The number of esters is 1. The number of hydrogen-bond acceptors (Lipinski definition) is 3. The molecule has 38 heavy (non-hydrogen) atoms. The van der Waals surface area contributed by atoms with E-state index in [1.807, 2.05) is 24.3 Å². The van der Waals surface area contributed by atoms with Gasteiger partial charge in [0.2, 0.25) is 5.75 Å². The zero-order chi connectivity index (χ0) is 27.0. The number of halogens is 2. The maximum Gasteiger partial charge on any atom is 0.343 e. The average Bonchev–Trinajstić information content (AvgIpc) is 2.93. The first kappa shape index (κ1) is 28.9.